The Balaban J connectivity index is 1.81. The number of anilines is 1. The van der Waals surface area contributed by atoms with Crippen LogP contribution in [0, 0.1) is 5.92 Å². The van der Waals surface area contributed by atoms with E-state index in [1.807, 2.05) is 0 Å². The average Bonchev–Trinajstić information content (AvgIpc) is 2.54. The Morgan fingerprint density at radius 3 is 2.57 bits per heavy atom. The molecule has 8 heteroatoms. The number of aliphatic carboxylic acids is 1. The van der Waals surface area contributed by atoms with Gasteiger partial charge in [-0.05, 0) is 43.0 Å². The number of nitrogens with one attached hydrogen (secondary N) is 1. The lowest BCUT2D eigenvalue weighted by atomic mass is 9.99. The second kappa shape index (κ2) is 5.93. The van der Waals surface area contributed by atoms with E-state index in [0.717, 1.165) is 5.56 Å². The molecule has 2 N–H and O–H groups in total. The van der Waals surface area contributed by atoms with Gasteiger partial charge in [0.15, 0.2) is 0 Å². The molecule has 2 aliphatic heterocycles. The molecule has 1 amide bonds. The molecule has 0 unspecified atom stereocenters. The molecule has 0 radical (unpaired) electrons. The van der Waals surface area contributed by atoms with E-state index in [4.69, 9.17) is 5.11 Å². The molecule has 7 nitrogen and oxygen atoms in total. The molecule has 1 saturated heterocycles. The van der Waals surface area contributed by atoms with Crippen LogP contribution in [0.25, 0.3) is 0 Å². The first kappa shape index (κ1) is 15.9. The van der Waals surface area contributed by atoms with Gasteiger partial charge in [0.05, 0.1) is 10.8 Å². The first-order chi connectivity index (χ1) is 10.9. The van der Waals surface area contributed by atoms with E-state index >= 15 is 0 Å². The number of fused-ring (bicyclic) bond motifs is 1. The van der Waals surface area contributed by atoms with Crippen molar-refractivity contribution in [3.8, 4) is 0 Å². The van der Waals surface area contributed by atoms with E-state index in [2.05, 4.69) is 5.32 Å². The van der Waals surface area contributed by atoms with Crippen LogP contribution >= 0.6 is 0 Å². The molecule has 1 aromatic carbocycles. The second-order valence-corrected chi connectivity index (χ2v) is 7.82. The SMILES string of the molecule is O=C1CCc2cc(S(=O)(=O)N3CCC(C(=O)O)CC3)ccc2N1. The molecule has 23 heavy (non-hydrogen) atoms. The number of carbonyl (C=O) groups is 2. The Morgan fingerprint density at radius 1 is 1.22 bits per heavy atom. The van der Waals surface area contributed by atoms with Crippen LogP contribution in [0.2, 0.25) is 0 Å². The summed E-state index contributed by atoms with van der Waals surface area (Å²) in [6.07, 6.45) is 1.53. The van der Waals surface area contributed by atoms with Gasteiger partial charge in [-0.1, -0.05) is 0 Å². The Hall–Kier alpha value is -1.93. The number of amides is 1. The maximum atomic E-state index is 12.7. The number of nitrogens with zero attached hydrogens (tertiary/aromatic N) is 1. The fraction of sp³-hybridized carbons (Fsp3) is 0.467. The number of sulfonamides is 1. The van der Waals surface area contributed by atoms with E-state index in [-0.39, 0.29) is 23.9 Å². The van der Waals surface area contributed by atoms with E-state index in [9.17, 15) is 18.0 Å². The van der Waals surface area contributed by atoms with Gasteiger partial charge in [-0.2, -0.15) is 4.31 Å². The number of aryl methyl sites for hydroxylation is 1. The number of hydrogen-bond acceptors (Lipinski definition) is 4. The highest BCUT2D eigenvalue weighted by Crippen LogP contribution is 2.29. The maximum absolute atomic E-state index is 12.7. The predicted molar refractivity (Wildman–Crippen MR) is 82.5 cm³/mol. The highest BCUT2D eigenvalue weighted by atomic mass is 32.2. The minimum absolute atomic E-state index is 0.0659. The highest BCUT2D eigenvalue weighted by molar-refractivity contribution is 7.89. The lowest BCUT2D eigenvalue weighted by molar-refractivity contribution is -0.142. The van der Waals surface area contributed by atoms with Crippen LogP contribution < -0.4 is 5.32 Å². The molecule has 124 valence electrons. The quantitative estimate of drug-likeness (QED) is 0.857. The number of rotatable bonds is 3. The Morgan fingerprint density at radius 2 is 1.91 bits per heavy atom. The lowest BCUT2D eigenvalue weighted by Gasteiger charge is -2.29. The smallest absolute Gasteiger partial charge is 0.306 e. The summed E-state index contributed by atoms with van der Waals surface area (Å²) in [5, 5.41) is 11.7. The molecule has 0 saturated carbocycles. The average molecular weight is 338 g/mol. The second-order valence-electron chi connectivity index (χ2n) is 5.88. The van der Waals surface area contributed by atoms with Gasteiger partial charge in [-0.3, -0.25) is 9.59 Å². The van der Waals surface area contributed by atoms with Gasteiger partial charge in [-0.25, -0.2) is 8.42 Å². The molecule has 0 bridgehead atoms. The first-order valence-electron chi connectivity index (χ1n) is 7.53. The summed E-state index contributed by atoms with van der Waals surface area (Å²) in [5.74, 6) is -1.41. The standard InChI is InChI=1S/C15H18N2O5S/c18-14-4-1-11-9-12(2-3-13(11)16-14)23(21,22)17-7-5-10(6-8-17)15(19)20/h2-3,9-10H,1,4-8H2,(H,16,18)(H,19,20). The Bertz CT molecular complexity index is 751. The third-order valence-corrected chi connectivity index (χ3v) is 6.31. The molecule has 2 heterocycles. The minimum atomic E-state index is -3.63. The van der Waals surface area contributed by atoms with Crippen LogP contribution in [0.4, 0.5) is 5.69 Å². The van der Waals surface area contributed by atoms with Gasteiger partial charge in [0.2, 0.25) is 15.9 Å². The van der Waals surface area contributed by atoms with Crippen LogP contribution in [-0.2, 0) is 26.0 Å². The van der Waals surface area contributed by atoms with Crippen molar-refractivity contribution in [2.24, 2.45) is 5.92 Å². The van der Waals surface area contributed by atoms with Crippen LogP contribution in [0.5, 0.6) is 0 Å². The van der Waals surface area contributed by atoms with Crippen molar-refractivity contribution in [1.29, 1.82) is 0 Å². The summed E-state index contributed by atoms with van der Waals surface area (Å²) < 4.78 is 26.8. The lowest BCUT2D eigenvalue weighted by Crippen LogP contribution is -2.40. The molecule has 0 atom stereocenters. The van der Waals surface area contributed by atoms with E-state index in [1.165, 1.54) is 10.4 Å². The number of carboxylic acids is 1. The summed E-state index contributed by atoms with van der Waals surface area (Å²) >= 11 is 0. The topological polar surface area (TPSA) is 104 Å². The molecule has 3 rings (SSSR count). The van der Waals surface area contributed by atoms with Crippen LogP contribution in [-0.4, -0.2) is 42.8 Å². The molecular formula is C15H18N2O5S. The number of carboxylic acid groups (broad SMARTS) is 1. The summed E-state index contributed by atoms with van der Waals surface area (Å²) in [4.78, 5) is 22.5. The molecule has 1 fully saturated rings. The zero-order valence-electron chi connectivity index (χ0n) is 12.5. The van der Waals surface area contributed by atoms with E-state index in [1.54, 1.807) is 12.1 Å². The number of hydrogen-bond donors (Lipinski definition) is 2. The van der Waals surface area contributed by atoms with Gasteiger partial charge in [0, 0.05) is 25.2 Å². The van der Waals surface area contributed by atoms with Crippen molar-refractivity contribution in [3.05, 3.63) is 23.8 Å². The van der Waals surface area contributed by atoms with Gasteiger partial charge in [0.1, 0.15) is 0 Å². The van der Waals surface area contributed by atoms with Gasteiger partial charge >= 0.3 is 5.97 Å². The monoisotopic (exact) mass is 338 g/mol. The summed E-state index contributed by atoms with van der Waals surface area (Å²) in [7, 11) is -3.63. The maximum Gasteiger partial charge on any atom is 0.306 e. The summed E-state index contributed by atoms with van der Waals surface area (Å²) in [6.45, 7) is 0.431. The normalized spacial score (nSPS) is 19.9. The zero-order chi connectivity index (χ0) is 16.6. The summed E-state index contributed by atoms with van der Waals surface area (Å²) in [5.41, 5.74) is 1.47. The molecule has 1 aromatic rings. The van der Waals surface area contributed by atoms with Crippen LogP contribution in [0.15, 0.2) is 23.1 Å². The fourth-order valence-electron chi connectivity index (χ4n) is 3.01. The van der Waals surface area contributed by atoms with Crippen molar-refractivity contribution < 1.29 is 23.1 Å². The van der Waals surface area contributed by atoms with Crippen molar-refractivity contribution in [2.45, 2.75) is 30.6 Å². The van der Waals surface area contributed by atoms with Crippen molar-refractivity contribution in [2.75, 3.05) is 18.4 Å². The molecule has 0 aromatic heterocycles. The number of benzene rings is 1. The largest absolute Gasteiger partial charge is 0.481 e. The van der Waals surface area contributed by atoms with E-state index < -0.39 is 21.9 Å². The van der Waals surface area contributed by atoms with Crippen LogP contribution in [0.3, 0.4) is 0 Å². The van der Waals surface area contributed by atoms with E-state index in [0.29, 0.717) is 31.4 Å². The fourth-order valence-corrected chi connectivity index (χ4v) is 4.53. The molecule has 0 spiro atoms. The number of carbonyl (C=O) groups excluding carboxylic acids is 1. The zero-order valence-corrected chi connectivity index (χ0v) is 13.3. The molecular weight excluding hydrogens is 320 g/mol. The van der Waals surface area contributed by atoms with Crippen molar-refractivity contribution >= 4 is 27.6 Å². The number of piperidine rings is 1. The predicted octanol–water partition coefficient (Wildman–Crippen LogP) is 1.06. The van der Waals surface area contributed by atoms with Gasteiger partial charge in [-0.15, -0.1) is 0 Å². The van der Waals surface area contributed by atoms with Gasteiger partial charge < -0.3 is 10.4 Å². The first-order valence-corrected chi connectivity index (χ1v) is 8.97. The Labute approximate surface area is 134 Å². The molecule has 0 aliphatic carbocycles. The van der Waals surface area contributed by atoms with Crippen molar-refractivity contribution in [1.82, 2.24) is 4.31 Å². The third-order valence-electron chi connectivity index (χ3n) is 4.41. The highest BCUT2D eigenvalue weighted by Gasteiger charge is 2.32. The minimum Gasteiger partial charge on any atom is -0.481 e. The van der Waals surface area contributed by atoms with Crippen LogP contribution in [0.1, 0.15) is 24.8 Å². The third kappa shape index (κ3) is 3.09. The van der Waals surface area contributed by atoms with Crippen molar-refractivity contribution in [3.63, 3.8) is 0 Å². The summed E-state index contributed by atoms with van der Waals surface area (Å²) in [6, 6.07) is 4.71. The Kier molecular flexibility index (Phi) is 4.11. The van der Waals surface area contributed by atoms with Gasteiger partial charge in [0.25, 0.3) is 0 Å². The molecule has 2 aliphatic rings.